The van der Waals surface area contributed by atoms with Gasteiger partial charge in [0.15, 0.2) is 0 Å². The van der Waals surface area contributed by atoms with Gasteiger partial charge in [0.25, 0.3) is 0 Å². The molecule has 1 aromatic rings. The third kappa shape index (κ3) is 5.25. The van der Waals surface area contributed by atoms with Crippen LogP contribution in [0.1, 0.15) is 33.3 Å². The number of nitrogens with one attached hydrogen (secondary N) is 1. The van der Waals surface area contributed by atoms with E-state index < -0.39 is 0 Å². The molecule has 0 bridgehead atoms. The molecular weight excluding hydrogens is 316 g/mol. The van der Waals surface area contributed by atoms with Gasteiger partial charge in [0.2, 0.25) is 5.91 Å². The molecule has 0 fully saturated rings. The van der Waals surface area contributed by atoms with E-state index in [1.54, 1.807) is 0 Å². The van der Waals surface area contributed by atoms with Crippen LogP contribution in [-0.2, 0) is 11.3 Å². The van der Waals surface area contributed by atoms with Crippen molar-refractivity contribution >= 4 is 27.5 Å². The van der Waals surface area contributed by atoms with Gasteiger partial charge in [-0.3, -0.25) is 9.69 Å². The average Bonchev–Trinajstić information content (AvgIpc) is 2.44. The maximum Gasteiger partial charge on any atom is 0.238 e. The number of hydrogen-bond acceptors (Lipinski definition) is 2. The number of hydrogen-bond donors (Lipinski definition) is 1. The standard InChI is InChI=1S/C16H25BrN2O/c1-5-19(6-2)11-13-8-7-9-14(10-13)18-16(20)15(17)12(3)4/h7-10,12,15H,5-6,11H2,1-4H3,(H,18,20). The Labute approximate surface area is 130 Å². The highest BCUT2D eigenvalue weighted by molar-refractivity contribution is 9.10. The van der Waals surface area contributed by atoms with Gasteiger partial charge in [-0.15, -0.1) is 0 Å². The van der Waals surface area contributed by atoms with Crippen LogP contribution in [0.3, 0.4) is 0 Å². The lowest BCUT2D eigenvalue weighted by Gasteiger charge is -2.19. The van der Waals surface area contributed by atoms with Gasteiger partial charge in [0.05, 0.1) is 4.83 Å². The molecule has 0 radical (unpaired) electrons. The molecule has 0 aliphatic carbocycles. The number of alkyl halides is 1. The van der Waals surface area contributed by atoms with Crippen LogP contribution in [0.4, 0.5) is 5.69 Å². The van der Waals surface area contributed by atoms with E-state index in [0.717, 1.165) is 25.3 Å². The SMILES string of the molecule is CCN(CC)Cc1cccc(NC(=O)C(Br)C(C)C)c1. The molecule has 0 saturated heterocycles. The molecule has 20 heavy (non-hydrogen) atoms. The van der Waals surface area contributed by atoms with E-state index >= 15 is 0 Å². The summed E-state index contributed by atoms with van der Waals surface area (Å²) in [5, 5.41) is 2.97. The Balaban J connectivity index is 2.71. The van der Waals surface area contributed by atoms with Crippen molar-refractivity contribution in [1.29, 1.82) is 0 Å². The van der Waals surface area contributed by atoms with Crippen molar-refractivity contribution in [3.63, 3.8) is 0 Å². The molecule has 0 saturated carbocycles. The number of benzene rings is 1. The summed E-state index contributed by atoms with van der Waals surface area (Å²) in [4.78, 5) is 14.2. The van der Waals surface area contributed by atoms with Crippen molar-refractivity contribution in [3.8, 4) is 0 Å². The van der Waals surface area contributed by atoms with Gasteiger partial charge in [-0.25, -0.2) is 0 Å². The highest BCUT2D eigenvalue weighted by Gasteiger charge is 2.18. The molecule has 0 aliphatic rings. The summed E-state index contributed by atoms with van der Waals surface area (Å²) >= 11 is 3.43. The number of halogens is 1. The van der Waals surface area contributed by atoms with E-state index in [1.807, 2.05) is 26.0 Å². The number of anilines is 1. The van der Waals surface area contributed by atoms with Gasteiger partial charge in [-0.1, -0.05) is 55.8 Å². The zero-order valence-electron chi connectivity index (χ0n) is 12.8. The summed E-state index contributed by atoms with van der Waals surface area (Å²) in [5.74, 6) is 0.286. The van der Waals surface area contributed by atoms with Crippen LogP contribution in [0.5, 0.6) is 0 Å². The average molecular weight is 341 g/mol. The minimum Gasteiger partial charge on any atom is -0.325 e. The molecule has 3 nitrogen and oxygen atoms in total. The summed E-state index contributed by atoms with van der Waals surface area (Å²) in [6.07, 6.45) is 0. The van der Waals surface area contributed by atoms with Crippen molar-refractivity contribution in [3.05, 3.63) is 29.8 Å². The van der Waals surface area contributed by atoms with E-state index in [-0.39, 0.29) is 16.7 Å². The van der Waals surface area contributed by atoms with E-state index in [0.29, 0.717) is 0 Å². The van der Waals surface area contributed by atoms with Gasteiger partial charge in [-0.2, -0.15) is 0 Å². The quantitative estimate of drug-likeness (QED) is 0.763. The highest BCUT2D eigenvalue weighted by atomic mass is 79.9. The smallest absolute Gasteiger partial charge is 0.238 e. The third-order valence-electron chi connectivity index (χ3n) is 3.33. The first-order chi connectivity index (χ1) is 9.47. The van der Waals surface area contributed by atoms with E-state index in [1.165, 1.54) is 5.56 Å². The van der Waals surface area contributed by atoms with Crippen LogP contribution < -0.4 is 5.32 Å². The van der Waals surface area contributed by atoms with Crippen LogP contribution >= 0.6 is 15.9 Å². The second kappa shape index (κ2) is 8.42. The molecule has 0 spiro atoms. The van der Waals surface area contributed by atoms with Crippen LogP contribution in [0.25, 0.3) is 0 Å². The Bertz CT molecular complexity index is 430. The summed E-state index contributed by atoms with van der Waals surface area (Å²) in [7, 11) is 0. The van der Waals surface area contributed by atoms with Gasteiger partial charge >= 0.3 is 0 Å². The molecule has 1 unspecified atom stereocenters. The highest BCUT2D eigenvalue weighted by Crippen LogP contribution is 2.17. The van der Waals surface area contributed by atoms with Crippen molar-refractivity contribution in [2.45, 2.75) is 39.1 Å². The minimum absolute atomic E-state index is 0.0139. The first-order valence-electron chi connectivity index (χ1n) is 7.24. The summed E-state index contributed by atoms with van der Waals surface area (Å²) in [6, 6.07) is 8.08. The summed E-state index contributed by atoms with van der Waals surface area (Å²) in [5.41, 5.74) is 2.09. The summed E-state index contributed by atoms with van der Waals surface area (Å²) in [6.45, 7) is 11.3. The number of nitrogens with zero attached hydrogens (tertiary/aromatic N) is 1. The Morgan fingerprint density at radius 3 is 2.50 bits per heavy atom. The predicted molar refractivity (Wildman–Crippen MR) is 89.2 cm³/mol. The molecule has 1 atom stereocenters. The predicted octanol–water partition coefficient (Wildman–Crippen LogP) is 3.89. The van der Waals surface area contributed by atoms with Gasteiger partial charge in [0, 0.05) is 12.2 Å². The molecular formula is C16H25BrN2O. The van der Waals surface area contributed by atoms with Gasteiger partial charge in [-0.05, 0) is 36.7 Å². The fourth-order valence-corrected chi connectivity index (χ4v) is 2.08. The van der Waals surface area contributed by atoms with Crippen molar-refractivity contribution in [2.24, 2.45) is 5.92 Å². The number of carbonyl (C=O) groups is 1. The van der Waals surface area contributed by atoms with Crippen LogP contribution in [0.2, 0.25) is 0 Å². The number of rotatable bonds is 7. The molecule has 112 valence electrons. The molecule has 1 rings (SSSR count). The molecule has 1 amide bonds. The lowest BCUT2D eigenvalue weighted by Crippen LogP contribution is -2.27. The van der Waals surface area contributed by atoms with Crippen LogP contribution in [-0.4, -0.2) is 28.7 Å². The molecule has 0 aromatic heterocycles. The largest absolute Gasteiger partial charge is 0.325 e. The molecule has 0 aliphatic heterocycles. The molecule has 1 aromatic carbocycles. The van der Waals surface area contributed by atoms with Gasteiger partial charge in [0.1, 0.15) is 0 Å². The topological polar surface area (TPSA) is 32.3 Å². The Hall–Kier alpha value is -0.870. The van der Waals surface area contributed by atoms with Gasteiger partial charge < -0.3 is 5.32 Å². The monoisotopic (exact) mass is 340 g/mol. The van der Waals surface area contributed by atoms with Crippen molar-refractivity contribution in [1.82, 2.24) is 4.90 Å². The second-order valence-corrected chi connectivity index (χ2v) is 6.28. The normalized spacial score (nSPS) is 12.8. The zero-order valence-corrected chi connectivity index (χ0v) is 14.4. The maximum atomic E-state index is 12.0. The minimum atomic E-state index is -0.158. The first kappa shape index (κ1) is 17.2. The van der Waals surface area contributed by atoms with Crippen molar-refractivity contribution < 1.29 is 4.79 Å². The summed E-state index contributed by atoms with van der Waals surface area (Å²) < 4.78 is 0. The lowest BCUT2D eigenvalue weighted by atomic mass is 10.1. The van der Waals surface area contributed by atoms with E-state index in [9.17, 15) is 4.79 Å². The Kier molecular flexibility index (Phi) is 7.24. The number of amides is 1. The van der Waals surface area contributed by atoms with Crippen LogP contribution in [0.15, 0.2) is 24.3 Å². The van der Waals surface area contributed by atoms with Crippen molar-refractivity contribution in [2.75, 3.05) is 18.4 Å². The fourth-order valence-electron chi connectivity index (χ4n) is 1.97. The zero-order chi connectivity index (χ0) is 15.1. The lowest BCUT2D eigenvalue weighted by molar-refractivity contribution is -0.116. The third-order valence-corrected chi connectivity index (χ3v) is 4.80. The second-order valence-electron chi connectivity index (χ2n) is 5.30. The fraction of sp³-hybridized carbons (Fsp3) is 0.562. The molecule has 4 heteroatoms. The van der Waals surface area contributed by atoms with E-state index in [2.05, 4.69) is 52.1 Å². The van der Waals surface area contributed by atoms with Crippen LogP contribution in [0, 0.1) is 5.92 Å². The first-order valence-corrected chi connectivity index (χ1v) is 8.15. The molecule has 1 N–H and O–H groups in total. The Morgan fingerprint density at radius 1 is 1.30 bits per heavy atom. The maximum absolute atomic E-state index is 12.0. The molecule has 0 heterocycles. The Morgan fingerprint density at radius 2 is 1.95 bits per heavy atom. The van der Waals surface area contributed by atoms with E-state index in [4.69, 9.17) is 0 Å². The number of carbonyl (C=O) groups excluding carboxylic acids is 1.